The van der Waals surface area contributed by atoms with Crippen molar-refractivity contribution in [1.29, 1.82) is 0 Å². The molecule has 0 aromatic carbocycles. The second-order valence-corrected chi connectivity index (χ2v) is 21.5. The number of ether oxygens (including phenoxy) is 2. The van der Waals surface area contributed by atoms with E-state index >= 15 is 0 Å². The number of carbonyl (C=O) groups excluding carboxylic acids is 1. The first-order valence-electron chi connectivity index (χ1n) is 31.0. The van der Waals surface area contributed by atoms with Gasteiger partial charge in [0.25, 0.3) is 0 Å². The van der Waals surface area contributed by atoms with Crippen LogP contribution in [-0.4, -0.2) is 87.5 Å². The van der Waals surface area contributed by atoms with Crippen LogP contribution in [-0.2, 0) is 14.3 Å². The summed E-state index contributed by atoms with van der Waals surface area (Å²) in [4.78, 5) is 13.0. The van der Waals surface area contributed by atoms with Gasteiger partial charge in [-0.3, -0.25) is 4.79 Å². The molecule has 1 fully saturated rings. The monoisotopic (exact) mass is 1030 g/mol. The normalized spacial score (nSPS) is 19.5. The average molecular weight is 1030 g/mol. The zero-order chi connectivity index (χ0) is 52.9. The highest BCUT2D eigenvalue weighted by molar-refractivity contribution is 5.76. The van der Waals surface area contributed by atoms with E-state index in [1.807, 2.05) is 6.08 Å². The number of nitrogens with one attached hydrogen (secondary N) is 1. The van der Waals surface area contributed by atoms with Gasteiger partial charge < -0.3 is 40.3 Å². The maximum absolute atomic E-state index is 13.0. The van der Waals surface area contributed by atoms with Crippen molar-refractivity contribution < 1.29 is 39.8 Å². The Balaban J connectivity index is 2.05. The third-order valence-corrected chi connectivity index (χ3v) is 14.6. The number of hydrogen-bond acceptors (Lipinski definition) is 8. The fourth-order valence-corrected chi connectivity index (χ4v) is 9.74. The lowest BCUT2D eigenvalue weighted by Crippen LogP contribution is -2.60. The topological polar surface area (TPSA) is 149 Å². The molecule has 7 unspecified atom stereocenters. The number of amides is 1. The summed E-state index contributed by atoms with van der Waals surface area (Å²) in [5.74, 6) is -0.174. The minimum absolute atomic E-state index is 0.174. The van der Waals surface area contributed by atoms with Crippen molar-refractivity contribution in [3.63, 3.8) is 0 Å². The lowest BCUT2D eigenvalue weighted by Gasteiger charge is -2.40. The first-order valence-corrected chi connectivity index (χ1v) is 31.0. The van der Waals surface area contributed by atoms with Crippen LogP contribution in [0.1, 0.15) is 284 Å². The molecule has 1 aliphatic heterocycles. The smallest absolute Gasteiger partial charge is 0.220 e. The van der Waals surface area contributed by atoms with E-state index in [0.29, 0.717) is 6.42 Å². The third-order valence-electron chi connectivity index (χ3n) is 14.6. The van der Waals surface area contributed by atoms with Crippen LogP contribution in [0.5, 0.6) is 0 Å². The van der Waals surface area contributed by atoms with E-state index < -0.39 is 49.5 Å². The maximum Gasteiger partial charge on any atom is 0.220 e. The standard InChI is InChI=1S/C64H117NO8/c1-3-5-7-9-11-13-15-17-18-19-20-21-22-23-24-25-26-27-28-29-30-31-32-33-34-35-36-37-38-39-40-42-44-46-48-50-52-54-60(68)65-57(56-72-64-63(71)62(70)61(69)59(55-66)73-64)58(67)53-51-49-47-45-43-41-16-14-12-10-8-6-4-2/h5,7,11,13,17-18,20-21,51,53,57-59,61-64,66-67,69-71H,3-4,6,8-10,12,14-16,19,22-50,52,54-56H2,1-2H3,(H,65,68)/b7-5-,13-11-,18-17-,21-20-,53-51+. The SMILES string of the molecule is CC/C=C\C/C=C\C/C=C\C/C=C\CCCCCCCCCCCCCCCCCCCCCCCCCCC(=O)NC(COC1OC(CO)C(O)C(O)C1O)C(O)/C=C/CCCCCCCCCCCCC. The van der Waals surface area contributed by atoms with Gasteiger partial charge in [0.2, 0.25) is 5.91 Å². The molecule has 1 amide bonds. The zero-order valence-corrected chi connectivity index (χ0v) is 47.4. The van der Waals surface area contributed by atoms with Crippen LogP contribution in [0.15, 0.2) is 60.8 Å². The fourth-order valence-electron chi connectivity index (χ4n) is 9.74. The number of aliphatic hydroxyl groups is 5. The first-order chi connectivity index (χ1) is 35.8. The molecule has 0 aromatic heterocycles. The largest absolute Gasteiger partial charge is 0.394 e. The van der Waals surface area contributed by atoms with E-state index in [-0.39, 0.29) is 12.5 Å². The van der Waals surface area contributed by atoms with E-state index in [1.165, 1.54) is 199 Å². The molecule has 9 nitrogen and oxygen atoms in total. The van der Waals surface area contributed by atoms with E-state index in [9.17, 15) is 30.3 Å². The Morgan fingerprint density at radius 3 is 1.26 bits per heavy atom. The van der Waals surface area contributed by atoms with Gasteiger partial charge in [-0.05, 0) is 57.8 Å². The van der Waals surface area contributed by atoms with Gasteiger partial charge in [-0.15, -0.1) is 0 Å². The molecule has 9 heteroatoms. The van der Waals surface area contributed by atoms with Gasteiger partial charge >= 0.3 is 0 Å². The lowest BCUT2D eigenvalue weighted by atomic mass is 9.99. The van der Waals surface area contributed by atoms with Crippen LogP contribution in [0, 0.1) is 0 Å². The summed E-state index contributed by atoms with van der Waals surface area (Å²) in [5, 5.41) is 54.4. The molecule has 1 saturated heterocycles. The molecular weight excluding hydrogens is 911 g/mol. The molecule has 426 valence electrons. The van der Waals surface area contributed by atoms with Crippen molar-refractivity contribution in [1.82, 2.24) is 5.32 Å². The predicted molar refractivity (Wildman–Crippen MR) is 309 cm³/mol. The molecule has 0 spiro atoms. The summed E-state index contributed by atoms with van der Waals surface area (Å²) < 4.78 is 11.3. The summed E-state index contributed by atoms with van der Waals surface area (Å²) in [6, 6.07) is -0.803. The van der Waals surface area contributed by atoms with Gasteiger partial charge in [-0.2, -0.15) is 0 Å². The van der Waals surface area contributed by atoms with Crippen molar-refractivity contribution in [3.05, 3.63) is 60.8 Å². The second kappa shape index (κ2) is 53.3. The molecule has 1 rings (SSSR count). The van der Waals surface area contributed by atoms with Crippen LogP contribution in [0.3, 0.4) is 0 Å². The number of hydrogen-bond donors (Lipinski definition) is 6. The molecule has 0 radical (unpaired) electrons. The van der Waals surface area contributed by atoms with E-state index in [2.05, 4.69) is 67.8 Å². The zero-order valence-electron chi connectivity index (χ0n) is 47.4. The number of unbranched alkanes of at least 4 members (excludes halogenated alkanes) is 35. The summed E-state index contributed by atoms with van der Waals surface area (Å²) >= 11 is 0. The van der Waals surface area contributed by atoms with Gasteiger partial charge in [-0.1, -0.05) is 280 Å². The molecule has 1 heterocycles. The molecule has 7 atom stereocenters. The van der Waals surface area contributed by atoms with Gasteiger partial charge in [0.05, 0.1) is 25.4 Å². The van der Waals surface area contributed by atoms with E-state index in [4.69, 9.17) is 9.47 Å². The molecular formula is C64H117NO8. The molecule has 0 bridgehead atoms. The van der Waals surface area contributed by atoms with Crippen molar-refractivity contribution in [2.75, 3.05) is 13.2 Å². The highest BCUT2D eigenvalue weighted by Gasteiger charge is 2.44. The van der Waals surface area contributed by atoms with Gasteiger partial charge in [-0.25, -0.2) is 0 Å². The predicted octanol–water partition coefficient (Wildman–Crippen LogP) is 15.9. The number of allylic oxidation sites excluding steroid dienone is 9. The van der Waals surface area contributed by atoms with E-state index in [0.717, 1.165) is 64.2 Å². The minimum atomic E-state index is -1.57. The average Bonchev–Trinajstić information content (AvgIpc) is 3.39. The van der Waals surface area contributed by atoms with Crippen molar-refractivity contribution in [2.45, 2.75) is 326 Å². The molecule has 0 aromatic rings. The Morgan fingerprint density at radius 2 is 0.849 bits per heavy atom. The molecule has 73 heavy (non-hydrogen) atoms. The molecule has 0 aliphatic carbocycles. The maximum atomic E-state index is 13.0. The molecule has 1 aliphatic rings. The molecule has 6 N–H and O–H groups in total. The summed E-state index contributed by atoms with van der Waals surface area (Å²) in [7, 11) is 0. The van der Waals surface area contributed by atoms with Crippen LogP contribution in [0.25, 0.3) is 0 Å². The summed E-state index contributed by atoms with van der Waals surface area (Å²) in [5.41, 5.74) is 0. The van der Waals surface area contributed by atoms with Gasteiger partial charge in [0, 0.05) is 6.42 Å². The Kier molecular flexibility index (Phi) is 50.3. The lowest BCUT2D eigenvalue weighted by molar-refractivity contribution is -0.302. The first kappa shape index (κ1) is 68.9. The Morgan fingerprint density at radius 1 is 0.479 bits per heavy atom. The van der Waals surface area contributed by atoms with Crippen molar-refractivity contribution in [3.8, 4) is 0 Å². The summed E-state index contributed by atoms with van der Waals surface area (Å²) in [6.45, 7) is 3.68. The van der Waals surface area contributed by atoms with Gasteiger partial charge in [0.1, 0.15) is 24.4 Å². The van der Waals surface area contributed by atoms with Crippen molar-refractivity contribution in [2.24, 2.45) is 0 Å². The Labute approximate surface area is 449 Å². The van der Waals surface area contributed by atoms with Crippen LogP contribution < -0.4 is 5.32 Å². The van der Waals surface area contributed by atoms with Gasteiger partial charge in [0.15, 0.2) is 6.29 Å². The Hall–Kier alpha value is -2.11. The minimum Gasteiger partial charge on any atom is -0.394 e. The highest BCUT2D eigenvalue weighted by Crippen LogP contribution is 2.23. The van der Waals surface area contributed by atoms with E-state index in [1.54, 1.807) is 6.08 Å². The summed E-state index contributed by atoms with van der Waals surface area (Å²) in [6.07, 6.45) is 66.1. The second-order valence-electron chi connectivity index (χ2n) is 21.5. The van der Waals surface area contributed by atoms with Crippen molar-refractivity contribution >= 4 is 5.91 Å². The molecule has 0 saturated carbocycles. The van der Waals surface area contributed by atoms with Crippen LogP contribution >= 0.6 is 0 Å². The highest BCUT2D eigenvalue weighted by atomic mass is 16.7. The fraction of sp³-hybridized carbons (Fsp3) is 0.828. The quantitative estimate of drug-likeness (QED) is 0.0261. The number of rotatable bonds is 53. The number of carbonyl (C=O) groups is 1. The van der Waals surface area contributed by atoms with Crippen LogP contribution in [0.2, 0.25) is 0 Å². The Bertz CT molecular complexity index is 1330. The van der Waals surface area contributed by atoms with Crippen LogP contribution in [0.4, 0.5) is 0 Å². The number of aliphatic hydroxyl groups excluding tert-OH is 5. The third kappa shape index (κ3) is 42.7.